The highest BCUT2D eigenvalue weighted by Crippen LogP contribution is 2.44. The number of hydrogen-bond acceptors (Lipinski definition) is 2. The molecule has 0 fully saturated rings. The zero-order valence-electron chi connectivity index (χ0n) is 17.4. The zero-order chi connectivity index (χ0) is 20.0. The van der Waals surface area contributed by atoms with E-state index < -0.39 is 0 Å². The van der Waals surface area contributed by atoms with Gasteiger partial charge in [-0.05, 0) is 101 Å². The highest BCUT2D eigenvalue weighted by atomic mass is 16.5. The van der Waals surface area contributed by atoms with E-state index in [2.05, 4.69) is 76.2 Å². The summed E-state index contributed by atoms with van der Waals surface area (Å²) in [4.78, 5) is 0. The van der Waals surface area contributed by atoms with E-state index in [9.17, 15) is 0 Å². The van der Waals surface area contributed by atoms with Gasteiger partial charge in [-0.3, -0.25) is 0 Å². The molecule has 0 aliphatic carbocycles. The average Bonchev–Trinajstić information content (AvgIpc) is 2.68. The minimum Gasteiger partial charge on any atom is -0.496 e. The predicted octanol–water partition coefficient (Wildman–Crippen LogP) is 6.91. The molecule has 28 heavy (non-hydrogen) atoms. The van der Waals surface area contributed by atoms with Gasteiger partial charge in [-0.25, -0.2) is 0 Å². The molecule has 0 unspecified atom stereocenters. The van der Waals surface area contributed by atoms with Crippen molar-refractivity contribution < 1.29 is 9.47 Å². The third-order valence-corrected chi connectivity index (χ3v) is 5.81. The molecule has 142 valence electrons. The molecule has 0 N–H and O–H groups in total. The van der Waals surface area contributed by atoms with Crippen molar-refractivity contribution in [3.05, 3.63) is 70.8 Å². The van der Waals surface area contributed by atoms with Gasteiger partial charge in [0.25, 0.3) is 0 Å². The second-order valence-electron chi connectivity index (χ2n) is 7.51. The summed E-state index contributed by atoms with van der Waals surface area (Å²) < 4.78 is 11.4. The number of fused-ring (bicyclic) bond motifs is 2. The molecule has 0 saturated heterocycles. The maximum Gasteiger partial charge on any atom is 0.125 e. The Hall–Kier alpha value is -3.00. The SMILES string of the molecule is COc1c(C)cc2c(-c3ccccc3)c3cc(C)c(OC)c(C)c3cc2c1C. The molecule has 4 aromatic carbocycles. The molecule has 0 spiro atoms. The molecule has 0 radical (unpaired) electrons. The smallest absolute Gasteiger partial charge is 0.125 e. The van der Waals surface area contributed by atoms with Crippen molar-refractivity contribution in [1.82, 2.24) is 0 Å². The first-order chi connectivity index (χ1) is 13.5. The maximum atomic E-state index is 5.71. The van der Waals surface area contributed by atoms with Gasteiger partial charge < -0.3 is 9.47 Å². The van der Waals surface area contributed by atoms with Crippen LogP contribution < -0.4 is 9.47 Å². The second-order valence-corrected chi connectivity index (χ2v) is 7.51. The average molecular weight is 370 g/mol. The summed E-state index contributed by atoms with van der Waals surface area (Å²) in [5.41, 5.74) is 7.17. The van der Waals surface area contributed by atoms with Crippen molar-refractivity contribution in [2.75, 3.05) is 14.2 Å². The first-order valence-electron chi connectivity index (χ1n) is 9.62. The van der Waals surface area contributed by atoms with Crippen LogP contribution in [0.1, 0.15) is 22.3 Å². The Balaban J connectivity index is 2.29. The van der Waals surface area contributed by atoms with Crippen LogP contribution in [0.2, 0.25) is 0 Å². The lowest BCUT2D eigenvalue weighted by Gasteiger charge is -2.20. The minimum absolute atomic E-state index is 0.961. The standard InChI is InChI=1S/C26H26O2/c1-15-12-22-20(17(3)25(15)27-5)14-21-18(4)26(28-6)16(2)13-23(21)24(22)19-10-8-7-9-11-19/h7-14H,1-6H3. The van der Waals surface area contributed by atoms with Crippen LogP contribution >= 0.6 is 0 Å². The van der Waals surface area contributed by atoms with Gasteiger partial charge in [0.05, 0.1) is 14.2 Å². The Kier molecular flexibility index (Phi) is 4.50. The maximum absolute atomic E-state index is 5.71. The lowest BCUT2D eigenvalue weighted by molar-refractivity contribution is 0.409. The molecule has 0 aromatic heterocycles. The third-order valence-electron chi connectivity index (χ3n) is 5.81. The van der Waals surface area contributed by atoms with Gasteiger partial charge in [0.15, 0.2) is 0 Å². The lowest BCUT2D eigenvalue weighted by atomic mass is 9.87. The number of methoxy groups -OCH3 is 2. The van der Waals surface area contributed by atoms with Crippen molar-refractivity contribution in [1.29, 1.82) is 0 Å². The molecule has 0 atom stereocenters. The zero-order valence-corrected chi connectivity index (χ0v) is 17.4. The van der Waals surface area contributed by atoms with E-state index in [0.717, 1.165) is 22.6 Å². The van der Waals surface area contributed by atoms with Crippen molar-refractivity contribution in [3.8, 4) is 22.6 Å². The Morgan fingerprint density at radius 3 is 1.46 bits per heavy atom. The number of aryl methyl sites for hydroxylation is 4. The quantitative estimate of drug-likeness (QED) is 0.365. The molecule has 2 heteroatoms. The van der Waals surface area contributed by atoms with Crippen LogP contribution in [0.3, 0.4) is 0 Å². The van der Waals surface area contributed by atoms with E-state index in [0.29, 0.717) is 0 Å². The van der Waals surface area contributed by atoms with Crippen LogP contribution in [0.25, 0.3) is 32.7 Å². The van der Waals surface area contributed by atoms with Crippen LogP contribution in [-0.2, 0) is 0 Å². The molecule has 0 aliphatic rings. The van der Waals surface area contributed by atoms with E-state index in [1.54, 1.807) is 14.2 Å². The normalized spacial score (nSPS) is 11.2. The molecule has 4 rings (SSSR count). The highest BCUT2D eigenvalue weighted by Gasteiger charge is 2.18. The van der Waals surface area contributed by atoms with Crippen LogP contribution in [0.4, 0.5) is 0 Å². The van der Waals surface area contributed by atoms with Gasteiger partial charge in [-0.15, -0.1) is 0 Å². The summed E-state index contributed by atoms with van der Waals surface area (Å²) in [6, 6.07) is 17.5. The summed E-state index contributed by atoms with van der Waals surface area (Å²) in [5.74, 6) is 1.92. The van der Waals surface area contributed by atoms with Crippen molar-refractivity contribution >= 4 is 21.5 Å². The lowest BCUT2D eigenvalue weighted by Crippen LogP contribution is -1.97. The van der Waals surface area contributed by atoms with E-state index in [1.807, 2.05) is 0 Å². The Morgan fingerprint density at radius 1 is 0.571 bits per heavy atom. The molecule has 0 saturated carbocycles. The van der Waals surface area contributed by atoms with E-state index in [-0.39, 0.29) is 0 Å². The fourth-order valence-electron chi connectivity index (χ4n) is 4.58. The van der Waals surface area contributed by atoms with Crippen molar-refractivity contribution in [2.24, 2.45) is 0 Å². The van der Waals surface area contributed by atoms with Crippen molar-refractivity contribution in [2.45, 2.75) is 27.7 Å². The summed E-state index contributed by atoms with van der Waals surface area (Å²) in [6.07, 6.45) is 0. The van der Waals surface area contributed by atoms with Gasteiger partial charge in [0.1, 0.15) is 11.5 Å². The van der Waals surface area contributed by atoms with Crippen molar-refractivity contribution in [3.63, 3.8) is 0 Å². The second kappa shape index (κ2) is 6.87. The number of hydrogen-bond donors (Lipinski definition) is 0. The van der Waals surface area contributed by atoms with Crippen LogP contribution in [-0.4, -0.2) is 14.2 Å². The van der Waals surface area contributed by atoms with Gasteiger partial charge in [0, 0.05) is 0 Å². The first kappa shape index (κ1) is 18.4. The molecular weight excluding hydrogens is 344 g/mol. The van der Waals surface area contributed by atoms with Gasteiger partial charge in [-0.1, -0.05) is 30.3 Å². The summed E-state index contributed by atoms with van der Waals surface area (Å²) in [5, 5.41) is 4.97. The van der Waals surface area contributed by atoms with Crippen LogP contribution in [0, 0.1) is 27.7 Å². The molecule has 2 nitrogen and oxygen atoms in total. The predicted molar refractivity (Wildman–Crippen MR) is 119 cm³/mol. The third kappa shape index (κ3) is 2.63. The van der Waals surface area contributed by atoms with Gasteiger partial charge in [-0.2, -0.15) is 0 Å². The Bertz CT molecular complexity index is 1130. The number of rotatable bonds is 3. The fraction of sp³-hybridized carbons (Fsp3) is 0.231. The Morgan fingerprint density at radius 2 is 1.04 bits per heavy atom. The monoisotopic (exact) mass is 370 g/mol. The van der Waals surface area contributed by atoms with Gasteiger partial charge in [0.2, 0.25) is 0 Å². The molecule has 0 aliphatic heterocycles. The highest BCUT2D eigenvalue weighted by molar-refractivity contribution is 6.15. The van der Waals surface area contributed by atoms with Crippen LogP contribution in [0.5, 0.6) is 11.5 Å². The number of ether oxygens (including phenoxy) is 2. The topological polar surface area (TPSA) is 18.5 Å². The Labute approximate surface area is 166 Å². The molecule has 0 bridgehead atoms. The number of benzene rings is 4. The molecule has 0 amide bonds. The molecular formula is C26H26O2. The molecule has 0 heterocycles. The molecule has 4 aromatic rings. The first-order valence-corrected chi connectivity index (χ1v) is 9.62. The minimum atomic E-state index is 0.961. The van der Waals surface area contributed by atoms with Gasteiger partial charge >= 0.3 is 0 Å². The largest absolute Gasteiger partial charge is 0.496 e. The summed E-state index contributed by atoms with van der Waals surface area (Å²) >= 11 is 0. The van der Waals surface area contributed by atoms with E-state index >= 15 is 0 Å². The van der Waals surface area contributed by atoms with Crippen LogP contribution in [0.15, 0.2) is 48.5 Å². The van der Waals surface area contributed by atoms with E-state index in [1.165, 1.54) is 43.8 Å². The van der Waals surface area contributed by atoms with E-state index in [4.69, 9.17) is 9.47 Å². The fourth-order valence-corrected chi connectivity index (χ4v) is 4.58. The summed E-state index contributed by atoms with van der Waals surface area (Å²) in [7, 11) is 3.50. The summed E-state index contributed by atoms with van der Waals surface area (Å²) in [6.45, 7) is 8.54.